The van der Waals surface area contributed by atoms with E-state index in [2.05, 4.69) is 0 Å². The highest BCUT2D eigenvalue weighted by Crippen LogP contribution is 2.19. The van der Waals surface area contributed by atoms with Crippen molar-refractivity contribution in [3.05, 3.63) is 53.8 Å². The van der Waals surface area contributed by atoms with Gasteiger partial charge in [-0.05, 0) is 47.4 Å². The molecule has 0 saturated carbocycles. The molecule has 2 aromatic carbocycles. The van der Waals surface area contributed by atoms with Gasteiger partial charge in [0.05, 0.1) is 7.11 Å². The Morgan fingerprint density at radius 2 is 1.81 bits per heavy atom. The summed E-state index contributed by atoms with van der Waals surface area (Å²) >= 11 is 0. The molecule has 0 aliphatic carbocycles. The Bertz CT molecular complexity index is 604. The number of hydrogen-bond donors (Lipinski definition) is 2. The molecule has 0 saturated heterocycles. The number of anilines is 1. The van der Waals surface area contributed by atoms with Crippen LogP contribution >= 0.6 is 0 Å². The van der Waals surface area contributed by atoms with Gasteiger partial charge < -0.3 is 19.7 Å². The number of ether oxygens (including phenoxy) is 1. The second kappa shape index (κ2) is 6.60. The van der Waals surface area contributed by atoms with Gasteiger partial charge in [-0.3, -0.25) is 0 Å². The van der Waals surface area contributed by atoms with Crippen LogP contribution < -0.4 is 15.1 Å². The monoisotopic (exact) mass is 289 g/mol. The number of benzene rings is 2. The van der Waals surface area contributed by atoms with Gasteiger partial charge in [0.2, 0.25) is 0 Å². The molecule has 0 amide bonds. The molecule has 6 heteroatoms. The minimum Gasteiger partial charge on any atom is -0.497 e. The molecule has 110 valence electrons. The van der Waals surface area contributed by atoms with Crippen LogP contribution in [-0.4, -0.2) is 31.3 Å². The van der Waals surface area contributed by atoms with Crippen molar-refractivity contribution in [3.63, 3.8) is 0 Å². The topological polar surface area (TPSA) is 52.9 Å². The third kappa shape index (κ3) is 3.74. The lowest BCUT2D eigenvalue weighted by Crippen LogP contribution is -2.35. The molecule has 0 heterocycles. The Labute approximate surface area is 123 Å². The Morgan fingerprint density at radius 3 is 2.38 bits per heavy atom. The van der Waals surface area contributed by atoms with Crippen LogP contribution in [0.15, 0.2) is 42.5 Å². The normalized spacial score (nSPS) is 10.3. The van der Waals surface area contributed by atoms with Gasteiger partial charge in [0, 0.05) is 19.3 Å². The third-order valence-corrected chi connectivity index (χ3v) is 3.31. The maximum absolute atomic E-state index is 13.2. The molecule has 0 aliphatic heterocycles. The molecule has 0 spiro atoms. The summed E-state index contributed by atoms with van der Waals surface area (Å²) in [7, 11) is 1.78. The lowest BCUT2D eigenvalue weighted by atomic mass is 9.77. The fraction of sp³-hybridized carbons (Fsp3) is 0.200. The van der Waals surface area contributed by atoms with E-state index in [1.165, 1.54) is 6.07 Å². The highest BCUT2D eigenvalue weighted by atomic mass is 19.1. The Balaban J connectivity index is 2.20. The largest absolute Gasteiger partial charge is 0.497 e. The third-order valence-electron chi connectivity index (χ3n) is 3.31. The van der Waals surface area contributed by atoms with Crippen LogP contribution in [0.1, 0.15) is 5.56 Å². The molecule has 2 aromatic rings. The van der Waals surface area contributed by atoms with Crippen LogP contribution in [0.2, 0.25) is 0 Å². The summed E-state index contributed by atoms with van der Waals surface area (Å²) in [6.45, 7) is 0.430. The number of halogens is 1. The molecule has 0 unspecified atom stereocenters. The van der Waals surface area contributed by atoms with Gasteiger partial charge in [0.25, 0.3) is 0 Å². The number of nitrogens with zero attached hydrogens (tertiary/aromatic N) is 1. The lowest BCUT2D eigenvalue weighted by Gasteiger charge is -2.21. The van der Waals surface area contributed by atoms with Crippen molar-refractivity contribution in [3.8, 4) is 5.75 Å². The molecule has 0 aromatic heterocycles. The molecular formula is C15H17BFNO3. The van der Waals surface area contributed by atoms with Gasteiger partial charge in [-0.2, -0.15) is 0 Å². The average molecular weight is 289 g/mol. The molecule has 2 N–H and O–H groups in total. The fourth-order valence-electron chi connectivity index (χ4n) is 2.13. The van der Waals surface area contributed by atoms with Gasteiger partial charge in [-0.1, -0.05) is 6.07 Å². The highest BCUT2D eigenvalue weighted by Gasteiger charge is 2.18. The number of rotatable bonds is 5. The summed E-state index contributed by atoms with van der Waals surface area (Å²) in [5.74, 6) is 0.273. The van der Waals surface area contributed by atoms with Crippen LogP contribution in [0.5, 0.6) is 5.75 Å². The zero-order valence-electron chi connectivity index (χ0n) is 12.0. The van der Waals surface area contributed by atoms with Crippen molar-refractivity contribution < 1.29 is 19.2 Å². The van der Waals surface area contributed by atoms with E-state index in [0.29, 0.717) is 12.1 Å². The van der Waals surface area contributed by atoms with Crippen LogP contribution in [0.4, 0.5) is 10.1 Å². The first-order chi connectivity index (χ1) is 10.0. The van der Waals surface area contributed by atoms with E-state index < -0.39 is 12.9 Å². The second-order valence-corrected chi connectivity index (χ2v) is 4.77. The predicted molar refractivity (Wildman–Crippen MR) is 81.3 cm³/mol. The highest BCUT2D eigenvalue weighted by molar-refractivity contribution is 6.59. The molecule has 2 rings (SSSR count). The smallest absolute Gasteiger partial charge is 0.488 e. The molecule has 0 bridgehead atoms. The summed E-state index contributed by atoms with van der Waals surface area (Å²) in [5, 5.41) is 18.7. The first-order valence-electron chi connectivity index (χ1n) is 6.51. The van der Waals surface area contributed by atoms with E-state index in [4.69, 9.17) is 4.74 Å². The Kier molecular flexibility index (Phi) is 4.83. The average Bonchev–Trinajstić information content (AvgIpc) is 2.49. The summed E-state index contributed by atoms with van der Waals surface area (Å²) in [4.78, 5) is 1.93. The predicted octanol–water partition coefficient (Wildman–Crippen LogP) is 1.15. The zero-order chi connectivity index (χ0) is 15.4. The first kappa shape index (κ1) is 15.3. The Morgan fingerprint density at radius 1 is 1.14 bits per heavy atom. The minimum absolute atomic E-state index is 0.176. The molecule has 0 atom stereocenters. The van der Waals surface area contributed by atoms with Gasteiger partial charge in [0.1, 0.15) is 11.6 Å². The van der Waals surface area contributed by atoms with E-state index in [-0.39, 0.29) is 5.46 Å². The van der Waals surface area contributed by atoms with E-state index in [1.54, 1.807) is 13.2 Å². The molecule has 0 fully saturated rings. The van der Waals surface area contributed by atoms with Gasteiger partial charge >= 0.3 is 7.12 Å². The minimum atomic E-state index is -1.69. The maximum atomic E-state index is 13.2. The first-order valence-corrected chi connectivity index (χ1v) is 6.51. The molecule has 4 nitrogen and oxygen atoms in total. The van der Waals surface area contributed by atoms with Crippen LogP contribution in [0.25, 0.3) is 0 Å². The standard InChI is InChI=1S/C15H17BFNO3/c1-18(13-5-7-14(21-2)8-6-13)10-11-3-4-12(17)9-15(11)16(19)20/h3-9,19-20H,10H2,1-2H3. The van der Waals surface area contributed by atoms with Gasteiger partial charge in [-0.25, -0.2) is 4.39 Å². The summed E-state index contributed by atoms with van der Waals surface area (Å²) in [6, 6.07) is 11.5. The van der Waals surface area contributed by atoms with Crippen LogP contribution in [-0.2, 0) is 6.54 Å². The Hall–Kier alpha value is -2.05. The van der Waals surface area contributed by atoms with Crippen molar-refractivity contribution >= 4 is 18.3 Å². The zero-order valence-corrected chi connectivity index (χ0v) is 12.0. The number of methoxy groups -OCH3 is 1. The van der Waals surface area contributed by atoms with Crippen molar-refractivity contribution in [2.24, 2.45) is 0 Å². The fourth-order valence-corrected chi connectivity index (χ4v) is 2.13. The van der Waals surface area contributed by atoms with E-state index in [0.717, 1.165) is 17.5 Å². The van der Waals surface area contributed by atoms with Crippen molar-refractivity contribution in [1.82, 2.24) is 0 Å². The quantitative estimate of drug-likeness (QED) is 0.811. The maximum Gasteiger partial charge on any atom is 0.488 e. The van der Waals surface area contributed by atoms with E-state index in [1.807, 2.05) is 36.2 Å². The summed E-state index contributed by atoms with van der Waals surface area (Å²) in [5.41, 5.74) is 1.78. The second-order valence-electron chi connectivity index (χ2n) is 4.77. The van der Waals surface area contributed by atoms with Crippen molar-refractivity contribution in [2.45, 2.75) is 6.54 Å². The van der Waals surface area contributed by atoms with Gasteiger partial charge in [0.15, 0.2) is 0 Å². The van der Waals surface area contributed by atoms with E-state index >= 15 is 0 Å². The summed E-state index contributed by atoms with van der Waals surface area (Å²) in [6.07, 6.45) is 0. The van der Waals surface area contributed by atoms with Crippen molar-refractivity contribution in [2.75, 3.05) is 19.1 Å². The van der Waals surface area contributed by atoms with Crippen molar-refractivity contribution in [1.29, 1.82) is 0 Å². The molecular weight excluding hydrogens is 272 g/mol. The summed E-state index contributed by atoms with van der Waals surface area (Å²) < 4.78 is 18.3. The SMILES string of the molecule is COc1ccc(N(C)Cc2ccc(F)cc2B(O)O)cc1. The molecule has 0 aliphatic rings. The molecule has 0 radical (unpaired) electrons. The molecule has 21 heavy (non-hydrogen) atoms. The van der Waals surface area contributed by atoms with Gasteiger partial charge in [-0.15, -0.1) is 0 Å². The van der Waals surface area contributed by atoms with E-state index in [9.17, 15) is 14.4 Å². The lowest BCUT2D eigenvalue weighted by molar-refractivity contribution is 0.415. The van der Waals surface area contributed by atoms with Crippen LogP contribution in [0, 0.1) is 5.82 Å². The van der Waals surface area contributed by atoms with Crippen LogP contribution in [0.3, 0.4) is 0 Å². The number of hydrogen-bond acceptors (Lipinski definition) is 4.